The number of aromatic carboxylic acids is 1. The Kier molecular flexibility index (Phi) is 5.10. The van der Waals surface area contributed by atoms with Crippen molar-refractivity contribution in [3.8, 4) is 5.75 Å². The quantitative estimate of drug-likeness (QED) is 0.611. The second kappa shape index (κ2) is 7.70. The Morgan fingerprint density at radius 1 is 1.14 bits per heavy atom. The third-order valence-electron chi connectivity index (χ3n) is 5.24. The molecule has 4 rings (SSSR count). The van der Waals surface area contributed by atoms with E-state index in [0.29, 0.717) is 16.9 Å². The van der Waals surface area contributed by atoms with Gasteiger partial charge >= 0.3 is 5.97 Å². The first kappa shape index (κ1) is 19.2. The summed E-state index contributed by atoms with van der Waals surface area (Å²) >= 11 is 0. The van der Waals surface area contributed by atoms with Crippen molar-refractivity contribution in [3.63, 3.8) is 0 Å². The summed E-state index contributed by atoms with van der Waals surface area (Å²) in [6.45, 7) is 6.18. The van der Waals surface area contributed by atoms with Crippen LogP contribution in [0.1, 0.15) is 54.4 Å². The minimum atomic E-state index is -0.892. The lowest BCUT2D eigenvalue weighted by Crippen LogP contribution is -2.17. The number of rotatable bonds is 4. The number of allylic oxidation sites excluding steroid dienone is 1. The van der Waals surface area contributed by atoms with Crippen LogP contribution in [0, 0.1) is 5.92 Å². The van der Waals surface area contributed by atoms with Gasteiger partial charge in [0.2, 0.25) is 0 Å². The molecule has 148 valence electrons. The predicted octanol–water partition coefficient (Wildman–Crippen LogP) is 5.84. The monoisotopic (exact) mass is 387 g/mol. The van der Waals surface area contributed by atoms with Gasteiger partial charge in [0.05, 0.1) is 22.9 Å². The first-order valence-corrected chi connectivity index (χ1v) is 10.1. The Morgan fingerprint density at radius 3 is 2.62 bits per heavy atom. The summed E-state index contributed by atoms with van der Waals surface area (Å²) in [6.07, 6.45) is 3.76. The van der Waals surface area contributed by atoms with Crippen LogP contribution in [-0.2, 0) is 6.42 Å². The van der Waals surface area contributed by atoms with Gasteiger partial charge in [-0.1, -0.05) is 43.3 Å². The van der Waals surface area contributed by atoms with E-state index in [1.54, 1.807) is 0 Å². The van der Waals surface area contributed by atoms with Crippen molar-refractivity contribution in [2.45, 2.75) is 39.7 Å². The SMILES string of the molecule is CC(C)Oc1ccccc1/C=C1\C[C@@H](C)Cc2c1nc1ccccc1c2C(=O)O. The van der Waals surface area contributed by atoms with E-state index >= 15 is 0 Å². The lowest BCUT2D eigenvalue weighted by molar-refractivity contribution is 0.0697. The molecule has 1 aliphatic rings. The van der Waals surface area contributed by atoms with Crippen molar-refractivity contribution in [2.75, 3.05) is 0 Å². The fourth-order valence-corrected chi connectivity index (χ4v) is 4.13. The van der Waals surface area contributed by atoms with Crippen LogP contribution in [0.2, 0.25) is 0 Å². The molecular formula is C25H25NO3. The van der Waals surface area contributed by atoms with E-state index < -0.39 is 5.97 Å². The average molecular weight is 387 g/mol. The third-order valence-corrected chi connectivity index (χ3v) is 5.24. The number of hydrogen-bond acceptors (Lipinski definition) is 3. The summed E-state index contributed by atoms with van der Waals surface area (Å²) in [5.74, 6) is 0.277. The van der Waals surface area contributed by atoms with E-state index in [2.05, 4.69) is 13.0 Å². The molecule has 2 aromatic carbocycles. The van der Waals surface area contributed by atoms with E-state index in [-0.39, 0.29) is 6.10 Å². The molecular weight excluding hydrogens is 362 g/mol. The molecule has 3 aromatic rings. The Balaban J connectivity index is 1.94. The van der Waals surface area contributed by atoms with E-state index in [1.165, 1.54) is 0 Å². The fourth-order valence-electron chi connectivity index (χ4n) is 4.13. The highest BCUT2D eigenvalue weighted by molar-refractivity contribution is 6.06. The largest absolute Gasteiger partial charge is 0.490 e. The zero-order valence-electron chi connectivity index (χ0n) is 17.0. The second-order valence-corrected chi connectivity index (χ2v) is 8.02. The van der Waals surface area contributed by atoms with Crippen LogP contribution < -0.4 is 4.74 Å². The zero-order valence-corrected chi connectivity index (χ0v) is 17.0. The molecule has 0 saturated carbocycles. The molecule has 0 unspecified atom stereocenters. The Bertz CT molecular complexity index is 1110. The topological polar surface area (TPSA) is 59.4 Å². The first-order valence-electron chi connectivity index (χ1n) is 10.1. The molecule has 0 amide bonds. The molecule has 1 N–H and O–H groups in total. The molecule has 29 heavy (non-hydrogen) atoms. The van der Waals surface area contributed by atoms with Crippen LogP contribution in [0.5, 0.6) is 5.75 Å². The summed E-state index contributed by atoms with van der Waals surface area (Å²) in [6, 6.07) is 15.4. The highest BCUT2D eigenvalue weighted by Gasteiger charge is 2.28. The molecule has 0 saturated heterocycles. The van der Waals surface area contributed by atoms with E-state index in [9.17, 15) is 9.90 Å². The maximum Gasteiger partial charge on any atom is 0.336 e. The summed E-state index contributed by atoms with van der Waals surface area (Å²) in [7, 11) is 0. The molecule has 0 bridgehead atoms. The van der Waals surface area contributed by atoms with Gasteiger partial charge in [0, 0.05) is 10.9 Å². The van der Waals surface area contributed by atoms with Gasteiger partial charge in [-0.25, -0.2) is 9.78 Å². The van der Waals surface area contributed by atoms with Crippen LogP contribution in [0.4, 0.5) is 0 Å². The smallest absolute Gasteiger partial charge is 0.336 e. The Labute approximate surface area is 170 Å². The van der Waals surface area contributed by atoms with Crippen molar-refractivity contribution in [2.24, 2.45) is 5.92 Å². The van der Waals surface area contributed by atoms with Gasteiger partial charge in [0.15, 0.2) is 0 Å². The number of benzene rings is 2. The molecule has 1 heterocycles. The maximum absolute atomic E-state index is 12.2. The highest BCUT2D eigenvalue weighted by Crippen LogP contribution is 2.39. The summed E-state index contributed by atoms with van der Waals surface area (Å²) in [4.78, 5) is 17.1. The molecule has 1 atom stereocenters. The number of para-hydroxylation sites is 2. The predicted molar refractivity (Wildman–Crippen MR) is 116 cm³/mol. The third kappa shape index (κ3) is 3.75. The number of hydrogen-bond donors (Lipinski definition) is 1. The van der Waals surface area contributed by atoms with Crippen molar-refractivity contribution in [3.05, 3.63) is 70.9 Å². The number of carboxylic acid groups (broad SMARTS) is 1. The Morgan fingerprint density at radius 2 is 1.86 bits per heavy atom. The van der Waals surface area contributed by atoms with E-state index in [4.69, 9.17) is 9.72 Å². The summed E-state index contributed by atoms with van der Waals surface area (Å²) in [5.41, 5.74) is 4.79. The number of aromatic nitrogens is 1. The second-order valence-electron chi connectivity index (χ2n) is 8.02. The van der Waals surface area contributed by atoms with Gasteiger partial charge in [-0.15, -0.1) is 0 Å². The number of pyridine rings is 1. The van der Waals surface area contributed by atoms with Gasteiger partial charge < -0.3 is 9.84 Å². The van der Waals surface area contributed by atoms with E-state index in [1.807, 2.05) is 62.4 Å². The van der Waals surface area contributed by atoms with Crippen LogP contribution in [-0.4, -0.2) is 22.2 Å². The number of ether oxygens (including phenoxy) is 1. The zero-order chi connectivity index (χ0) is 20.5. The van der Waals surface area contributed by atoms with Crippen LogP contribution >= 0.6 is 0 Å². The van der Waals surface area contributed by atoms with Crippen LogP contribution in [0.15, 0.2) is 48.5 Å². The normalized spacial score (nSPS) is 17.5. The lowest BCUT2D eigenvalue weighted by atomic mass is 9.80. The van der Waals surface area contributed by atoms with Gasteiger partial charge in [-0.2, -0.15) is 0 Å². The standard InChI is InChI=1S/C25H25NO3/c1-15(2)29-22-11-7-4-8-17(22)14-18-12-16(3)13-20-23(25(27)28)19-9-5-6-10-21(19)26-24(18)20/h4-11,14-16H,12-13H2,1-3H3,(H,27,28)/b18-14+/t16-/m1/s1. The van der Waals surface area contributed by atoms with Gasteiger partial charge in [-0.3, -0.25) is 0 Å². The molecule has 1 aromatic heterocycles. The molecule has 4 heteroatoms. The average Bonchev–Trinajstić information content (AvgIpc) is 2.67. The Hall–Kier alpha value is -3.14. The van der Waals surface area contributed by atoms with Crippen molar-refractivity contribution in [1.82, 2.24) is 4.98 Å². The number of nitrogens with zero attached hydrogens (tertiary/aromatic N) is 1. The van der Waals surface area contributed by atoms with Gasteiger partial charge in [0.1, 0.15) is 5.75 Å². The van der Waals surface area contributed by atoms with Gasteiger partial charge in [0.25, 0.3) is 0 Å². The minimum absolute atomic E-state index is 0.0767. The molecule has 0 aliphatic heterocycles. The van der Waals surface area contributed by atoms with Crippen LogP contribution in [0.25, 0.3) is 22.6 Å². The summed E-state index contributed by atoms with van der Waals surface area (Å²) < 4.78 is 5.97. The maximum atomic E-state index is 12.2. The van der Waals surface area contributed by atoms with Crippen LogP contribution in [0.3, 0.4) is 0 Å². The number of carboxylic acids is 1. The lowest BCUT2D eigenvalue weighted by Gasteiger charge is -2.26. The molecule has 0 radical (unpaired) electrons. The van der Waals surface area contributed by atoms with Gasteiger partial charge in [-0.05, 0) is 62.0 Å². The number of carbonyl (C=O) groups is 1. The molecule has 0 spiro atoms. The fraction of sp³-hybridized carbons (Fsp3) is 0.280. The van der Waals surface area contributed by atoms with Crippen molar-refractivity contribution >= 4 is 28.5 Å². The first-order chi connectivity index (χ1) is 13.9. The highest BCUT2D eigenvalue weighted by atomic mass is 16.5. The molecule has 4 nitrogen and oxygen atoms in total. The summed E-state index contributed by atoms with van der Waals surface area (Å²) in [5, 5.41) is 10.7. The number of fused-ring (bicyclic) bond motifs is 2. The molecule has 1 aliphatic carbocycles. The van der Waals surface area contributed by atoms with Crippen molar-refractivity contribution < 1.29 is 14.6 Å². The van der Waals surface area contributed by atoms with E-state index in [0.717, 1.165) is 46.5 Å². The van der Waals surface area contributed by atoms with Crippen molar-refractivity contribution in [1.29, 1.82) is 0 Å². The molecule has 0 fully saturated rings. The minimum Gasteiger partial charge on any atom is -0.490 e.